The van der Waals surface area contributed by atoms with Crippen molar-refractivity contribution in [3.8, 4) is 0 Å². The molecule has 38 heavy (non-hydrogen) atoms. The van der Waals surface area contributed by atoms with Crippen molar-refractivity contribution < 1.29 is 19.1 Å². The summed E-state index contributed by atoms with van der Waals surface area (Å²) in [5.41, 5.74) is 1.64. The highest BCUT2D eigenvalue weighted by atomic mass is 35.5. The summed E-state index contributed by atoms with van der Waals surface area (Å²) in [7, 11) is 0. The Morgan fingerprint density at radius 3 is 1.37 bits per heavy atom. The van der Waals surface area contributed by atoms with E-state index in [0.29, 0.717) is 49.2 Å². The Morgan fingerprint density at radius 1 is 0.711 bits per heavy atom. The highest BCUT2D eigenvalue weighted by Gasteiger charge is 2.24. The normalized spacial score (nSPS) is 15.5. The SMILES string of the molecule is CCC(C(=O)OCCN1CCN(CCOC(=O)C(CC)c2ccccc2Cl)CC1)c1ccccc1Cl.Cl.Cl. The Balaban J connectivity index is 0.00000361. The third-order valence-corrected chi connectivity index (χ3v) is 7.40. The summed E-state index contributed by atoms with van der Waals surface area (Å²) >= 11 is 12.5. The van der Waals surface area contributed by atoms with Crippen molar-refractivity contribution in [2.45, 2.75) is 38.5 Å². The number of rotatable bonds is 12. The molecule has 2 aromatic carbocycles. The van der Waals surface area contributed by atoms with E-state index in [0.717, 1.165) is 37.3 Å². The van der Waals surface area contributed by atoms with Gasteiger partial charge < -0.3 is 9.47 Å². The number of carbonyl (C=O) groups is 2. The molecule has 2 aromatic rings. The average Bonchev–Trinajstić information content (AvgIpc) is 2.88. The topological polar surface area (TPSA) is 59.1 Å². The van der Waals surface area contributed by atoms with Gasteiger partial charge in [0.15, 0.2) is 0 Å². The van der Waals surface area contributed by atoms with E-state index in [1.807, 2.05) is 50.2 Å². The minimum absolute atomic E-state index is 0. The van der Waals surface area contributed by atoms with E-state index < -0.39 is 0 Å². The first kappa shape index (κ1) is 34.5. The number of hydrogen-bond donors (Lipinski definition) is 0. The van der Waals surface area contributed by atoms with Gasteiger partial charge in [0.05, 0.1) is 11.8 Å². The van der Waals surface area contributed by atoms with E-state index in [4.69, 9.17) is 32.7 Å². The molecule has 0 aromatic heterocycles. The molecule has 0 amide bonds. The fourth-order valence-electron chi connectivity index (χ4n) is 4.53. The summed E-state index contributed by atoms with van der Waals surface area (Å²) in [4.78, 5) is 29.8. The number of esters is 2. The van der Waals surface area contributed by atoms with E-state index in [9.17, 15) is 9.59 Å². The quantitative estimate of drug-likeness (QED) is 0.267. The van der Waals surface area contributed by atoms with Crippen molar-refractivity contribution >= 4 is 60.0 Å². The first-order valence-electron chi connectivity index (χ1n) is 12.7. The highest BCUT2D eigenvalue weighted by molar-refractivity contribution is 6.32. The van der Waals surface area contributed by atoms with Crippen LogP contribution in [-0.2, 0) is 19.1 Å². The maximum atomic E-state index is 12.6. The molecule has 0 bridgehead atoms. The van der Waals surface area contributed by atoms with Crippen molar-refractivity contribution in [2.75, 3.05) is 52.5 Å². The number of hydrogen-bond acceptors (Lipinski definition) is 6. The zero-order valence-corrected chi connectivity index (χ0v) is 25.1. The van der Waals surface area contributed by atoms with Gasteiger partial charge in [0.2, 0.25) is 0 Å². The monoisotopic (exact) mass is 606 g/mol. The zero-order valence-electron chi connectivity index (χ0n) is 21.9. The lowest BCUT2D eigenvalue weighted by Gasteiger charge is -2.34. The number of carbonyl (C=O) groups excluding carboxylic acids is 2. The molecule has 3 rings (SSSR count). The molecule has 0 N–H and O–H groups in total. The van der Waals surface area contributed by atoms with Crippen LogP contribution in [0.15, 0.2) is 48.5 Å². The van der Waals surface area contributed by atoms with Gasteiger partial charge in [0.1, 0.15) is 13.2 Å². The van der Waals surface area contributed by atoms with Crippen molar-refractivity contribution in [1.82, 2.24) is 9.80 Å². The Hall–Kier alpha value is -1.54. The molecule has 1 saturated heterocycles. The van der Waals surface area contributed by atoms with Crippen LogP contribution in [0, 0.1) is 0 Å². The van der Waals surface area contributed by atoms with Gasteiger partial charge in [-0.25, -0.2) is 0 Å². The fraction of sp³-hybridized carbons (Fsp3) is 0.500. The van der Waals surface area contributed by atoms with Crippen LogP contribution >= 0.6 is 48.0 Å². The summed E-state index contributed by atoms with van der Waals surface area (Å²) in [6.45, 7) is 9.56. The third kappa shape index (κ3) is 9.89. The van der Waals surface area contributed by atoms with Crippen LogP contribution in [0.4, 0.5) is 0 Å². The molecule has 0 radical (unpaired) electrons. The number of benzene rings is 2. The second-order valence-electron chi connectivity index (χ2n) is 8.98. The summed E-state index contributed by atoms with van der Waals surface area (Å²) < 4.78 is 11.2. The number of halogens is 4. The van der Waals surface area contributed by atoms with Crippen LogP contribution in [0.5, 0.6) is 0 Å². The molecule has 1 aliphatic rings. The first-order valence-corrected chi connectivity index (χ1v) is 13.5. The molecule has 0 spiro atoms. The molecule has 0 aliphatic carbocycles. The molecule has 6 nitrogen and oxygen atoms in total. The summed E-state index contributed by atoms with van der Waals surface area (Å²) in [6.07, 6.45) is 1.28. The van der Waals surface area contributed by atoms with E-state index in [1.54, 1.807) is 12.1 Å². The summed E-state index contributed by atoms with van der Waals surface area (Å²) in [5.74, 6) is -1.14. The van der Waals surface area contributed by atoms with Gasteiger partial charge in [-0.3, -0.25) is 19.4 Å². The minimum Gasteiger partial charge on any atom is -0.464 e. The van der Waals surface area contributed by atoms with Crippen LogP contribution in [-0.4, -0.2) is 74.2 Å². The van der Waals surface area contributed by atoms with Crippen molar-refractivity contribution in [3.05, 3.63) is 69.7 Å². The van der Waals surface area contributed by atoms with Gasteiger partial charge in [-0.05, 0) is 36.1 Å². The number of nitrogens with zero attached hydrogens (tertiary/aromatic N) is 2. The van der Waals surface area contributed by atoms with E-state index in [2.05, 4.69) is 9.80 Å². The molecule has 2 unspecified atom stereocenters. The average molecular weight is 608 g/mol. The van der Waals surface area contributed by atoms with Gasteiger partial charge in [0, 0.05) is 49.3 Å². The van der Waals surface area contributed by atoms with Crippen LogP contribution in [0.25, 0.3) is 0 Å². The van der Waals surface area contributed by atoms with E-state index in [-0.39, 0.29) is 48.6 Å². The van der Waals surface area contributed by atoms with Crippen molar-refractivity contribution in [3.63, 3.8) is 0 Å². The number of piperazine rings is 1. The lowest BCUT2D eigenvalue weighted by Crippen LogP contribution is -2.48. The van der Waals surface area contributed by atoms with E-state index >= 15 is 0 Å². The lowest BCUT2D eigenvalue weighted by atomic mass is 9.97. The molecule has 1 fully saturated rings. The van der Waals surface area contributed by atoms with E-state index in [1.165, 1.54) is 0 Å². The highest BCUT2D eigenvalue weighted by Crippen LogP contribution is 2.29. The van der Waals surface area contributed by atoms with Crippen LogP contribution < -0.4 is 0 Å². The molecular formula is C28H38Cl4N2O4. The standard InChI is InChI=1S/C28H36Cl2N2O4.2ClH/c1-3-21(23-9-5-7-11-25(23)29)27(33)35-19-17-31-13-15-32(16-14-31)18-20-36-28(34)22(4-2)24-10-6-8-12-26(24)30;;/h5-12,21-22H,3-4,13-20H2,1-2H3;2*1H. The molecule has 10 heteroatoms. The molecular weight excluding hydrogens is 570 g/mol. The smallest absolute Gasteiger partial charge is 0.313 e. The minimum atomic E-state index is -0.344. The summed E-state index contributed by atoms with van der Waals surface area (Å²) in [5, 5.41) is 1.19. The molecule has 0 saturated carbocycles. The zero-order chi connectivity index (χ0) is 25.9. The molecule has 1 heterocycles. The van der Waals surface area contributed by atoms with Crippen molar-refractivity contribution in [2.24, 2.45) is 0 Å². The predicted molar refractivity (Wildman–Crippen MR) is 158 cm³/mol. The maximum Gasteiger partial charge on any atom is 0.313 e. The fourth-order valence-corrected chi connectivity index (χ4v) is 5.07. The number of ether oxygens (including phenoxy) is 2. The summed E-state index contributed by atoms with van der Waals surface area (Å²) in [6, 6.07) is 14.9. The second-order valence-corrected chi connectivity index (χ2v) is 9.80. The van der Waals surface area contributed by atoms with Gasteiger partial charge in [0.25, 0.3) is 0 Å². The maximum absolute atomic E-state index is 12.6. The van der Waals surface area contributed by atoms with Gasteiger partial charge in [-0.15, -0.1) is 24.8 Å². The van der Waals surface area contributed by atoms with Gasteiger partial charge in [-0.2, -0.15) is 0 Å². The predicted octanol–water partition coefficient (Wildman–Crippen LogP) is 6.23. The van der Waals surface area contributed by atoms with Crippen LogP contribution in [0.3, 0.4) is 0 Å². The first-order chi connectivity index (χ1) is 17.4. The largest absolute Gasteiger partial charge is 0.464 e. The molecule has 212 valence electrons. The molecule has 1 aliphatic heterocycles. The lowest BCUT2D eigenvalue weighted by molar-refractivity contribution is -0.147. The van der Waals surface area contributed by atoms with Crippen LogP contribution in [0.1, 0.15) is 49.7 Å². The Bertz CT molecular complexity index is 923. The van der Waals surface area contributed by atoms with Gasteiger partial charge >= 0.3 is 11.9 Å². The Morgan fingerprint density at radius 2 is 1.05 bits per heavy atom. The van der Waals surface area contributed by atoms with Crippen molar-refractivity contribution in [1.29, 1.82) is 0 Å². The third-order valence-electron chi connectivity index (χ3n) is 6.72. The Kier molecular flexibility index (Phi) is 16.3. The van der Waals surface area contributed by atoms with Gasteiger partial charge in [-0.1, -0.05) is 73.4 Å². The Labute approximate surface area is 248 Å². The molecule has 2 atom stereocenters. The van der Waals surface area contributed by atoms with Crippen LogP contribution in [0.2, 0.25) is 10.0 Å². The second kappa shape index (κ2) is 17.9.